The number of halogens is 10. The molecule has 0 aliphatic carbocycles. The van der Waals surface area contributed by atoms with Crippen molar-refractivity contribution in [2.45, 2.75) is 30.0 Å². The standard InChI is InChI=1S/C22H14Cl2F8N2O2/c23-14-5-13(6-15(24)18(14)25)20(22(30,31)32)7-16(33-36-20)11-1-3-12(4-2-11)19(26)9-34(10-19)17(35)8-21(27,28)29/h1-7,33H,8-10H2. The van der Waals surface area contributed by atoms with Crippen molar-refractivity contribution in [1.82, 2.24) is 10.4 Å². The lowest BCUT2D eigenvalue weighted by Gasteiger charge is -2.44. The van der Waals surface area contributed by atoms with E-state index in [0.717, 1.165) is 17.0 Å². The third-order valence-electron chi connectivity index (χ3n) is 5.80. The first kappa shape index (κ1) is 26.5. The summed E-state index contributed by atoms with van der Waals surface area (Å²) in [5.74, 6) is -2.35. The maximum atomic E-state index is 15.1. The van der Waals surface area contributed by atoms with Crippen LogP contribution in [-0.4, -0.2) is 36.2 Å². The molecule has 1 atom stereocenters. The van der Waals surface area contributed by atoms with E-state index in [1.54, 1.807) is 0 Å². The summed E-state index contributed by atoms with van der Waals surface area (Å²) in [6.07, 6.45) is -10.8. The van der Waals surface area contributed by atoms with E-state index in [2.05, 4.69) is 5.48 Å². The summed E-state index contributed by atoms with van der Waals surface area (Å²) in [5, 5.41) is -1.29. The number of carbonyl (C=O) groups excluding carboxylic acids is 1. The largest absolute Gasteiger partial charge is 0.428 e. The van der Waals surface area contributed by atoms with E-state index in [9.17, 15) is 35.5 Å². The molecule has 1 saturated heterocycles. The van der Waals surface area contributed by atoms with Gasteiger partial charge in [-0.2, -0.15) is 26.3 Å². The van der Waals surface area contributed by atoms with E-state index in [1.807, 2.05) is 0 Å². The van der Waals surface area contributed by atoms with E-state index >= 15 is 4.39 Å². The second kappa shape index (κ2) is 8.77. The SMILES string of the molecule is O=C(CC(F)(F)F)N1CC(F)(c2ccc(C3=CC(c4cc(Cl)c(F)c(Cl)c4)(C(F)(F)F)ON3)cc2)C1. The summed E-state index contributed by atoms with van der Waals surface area (Å²) < 4.78 is 108. The van der Waals surface area contributed by atoms with Gasteiger partial charge in [0, 0.05) is 5.56 Å². The molecule has 4 nitrogen and oxygen atoms in total. The fourth-order valence-corrected chi connectivity index (χ4v) is 4.39. The van der Waals surface area contributed by atoms with Gasteiger partial charge in [0.1, 0.15) is 6.42 Å². The molecular weight excluding hydrogens is 547 g/mol. The maximum absolute atomic E-state index is 15.1. The summed E-state index contributed by atoms with van der Waals surface area (Å²) in [6, 6.07) is 6.49. The maximum Gasteiger partial charge on any atom is 0.428 e. The van der Waals surface area contributed by atoms with Crippen LogP contribution in [0.2, 0.25) is 10.0 Å². The Morgan fingerprint density at radius 1 is 1.00 bits per heavy atom. The average molecular weight is 561 g/mol. The molecule has 0 spiro atoms. The van der Waals surface area contributed by atoms with Crippen LogP contribution in [0.4, 0.5) is 35.1 Å². The van der Waals surface area contributed by atoms with Crippen molar-refractivity contribution in [1.29, 1.82) is 0 Å². The van der Waals surface area contributed by atoms with Crippen LogP contribution in [0.5, 0.6) is 0 Å². The molecule has 1 fully saturated rings. The van der Waals surface area contributed by atoms with Gasteiger partial charge in [-0.05, 0) is 29.3 Å². The van der Waals surface area contributed by atoms with Gasteiger partial charge in [0.2, 0.25) is 11.5 Å². The number of carbonyl (C=O) groups is 1. The zero-order valence-corrected chi connectivity index (χ0v) is 19.2. The smallest absolute Gasteiger partial charge is 0.335 e. The van der Waals surface area contributed by atoms with Crippen molar-refractivity contribution >= 4 is 34.8 Å². The molecule has 2 aliphatic rings. The summed E-state index contributed by atoms with van der Waals surface area (Å²) in [4.78, 5) is 17.2. The molecule has 2 heterocycles. The average Bonchev–Trinajstić information content (AvgIpc) is 3.21. The van der Waals surface area contributed by atoms with Gasteiger partial charge in [-0.25, -0.2) is 8.78 Å². The number of likely N-dealkylation sites (tertiary alicyclic amines) is 1. The summed E-state index contributed by atoms with van der Waals surface area (Å²) >= 11 is 11.3. The molecule has 2 aromatic carbocycles. The minimum absolute atomic E-state index is 0.0287. The van der Waals surface area contributed by atoms with Crippen molar-refractivity contribution < 1.29 is 44.8 Å². The molecule has 0 radical (unpaired) electrons. The summed E-state index contributed by atoms with van der Waals surface area (Å²) in [5.41, 5.74) is -3.58. The van der Waals surface area contributed by atoms with Gasteiger partial charge in [0.05, 0.1) is 28.8 Å². The highest BCUT2D eigenvalue weighted by Gasteiger charge is 2.60. The number of nitrogens with one attached hydrogen (secondary N) is 1. The number of hydrogen-bond donors (Lipinski definition) is 1. The molecule has 0 aromatic heterocycles. The lowest BCUT2D eigenvalue weighted by atomic mass is 9.86. The minimum atomic E-state index is -5.03. The van der Waals surface area contributed by atoms with Gasteiger partial charge < -0.3 is 4.90 Å². The van der Waals surface area contributed by atoms with E-state index < -0.39 is 70.5 Å². The third-order valence-corrected chi connectivity index (χ3v) is 6.35. The highest BCUT2D eigenvalue weighted by molar-refractivity contribution is 6.35. The number of benzene rings is 2. The Morgan fingerprint density at radius 3 is 2.06 bits per heavy atom. The van der Waals surface area contributed by atoms with Crippen LogP contribution in [0.3, 0.4) is 0 Å². The summed E-state index contributed by atoms with van der Waals surface area (Å²) in [6.45, 7) is -1.18. The zero-order valence-electron chi connectivity index (χ0n) is 17.7. The lowest BCUT2D eigenvalue weighted by molar-refractivity contribution is -0.269. The van der Waals surface area contributed by atoms with Crippen molar-refractivity contribution in [2.75, 3.05) is 13.1 Å². The fourth-order valence-electron chi connectivity index (χ4n) is 3.90. The monoisotopic (exact) mass is 560 g/mol. The fraction of sp³-hybridized carbons (Fsp3) is 0.318. The molecule has 1 amide bonds. The van der Waals surface area contributed by atoms with Crippen molar-refractivity contribution in [3.05, 3.63) is 75.0 Å². The number of nitrogens with zero attached hydrogens (tertiary/aromatic N) is 1. The molecule has 2 aliphatic heterocycles. The number of amides is 1. The second-order valence-corrected chi connectivity index (χ2v) is 9.15. The first-order valence-electron chi connectivity index (χ1n) is 10.1. The van der Waals surface area contributed by atoms with Gasteiger partial charge in [-0.1, -0.05) is 47.5 Å². The molecule has 0 bridgehead atoms. The molecule has 194 valence electrons. The predicted octanol–water partition coefficient (Wildman–Crippen LogP) is 6.43. The van der Waals surface area contributed by atoms with Crippen LogP contribution in [-0.2, 0) is 20.9 Å². The van der Waals surface area contributed by atoms with E-state index in [-0.39, 0.29) is 16.8 Å². The van der Waals surface area contributed by atoms with Crippen LogP contribution in [0.1, 0.15) is 23.1 Å². The zero-order chi connectivity index (χ0) is 26.7. The van der Waals surface area contributed by atoms with Gasteiger partial charge in [0.25, 0.3) is 0 Å². The highest BCUT2D eigenvalue weighted by Crippen LogP contribution is 2.49. The molecule has 14 heteroatoms. The quantitative estimate of drug-likeness (QED) is 0.346. The summed E-state index contributed by atoms with van der Waals surface area (Å²) in [7, 11) is 0. The van der Waals surface area contributed by atoms with E-state index in [4.69, 9.17) is 28.0 Å². The van der Waals surface area contributed by atoms with Crippen LogP contribution >= 0.6 is 23.2 Å². The van der Waals surface area contributed by atoms with E-state index in [0.29, 0.717) is 6.08 Å². The Labute approximate surface area is 208 Å². The number of hydrogen-bond acceptors (Lipinski definition) is 3. The Morgan fingerprint density at radius 2 is 1.56 bits per heavy atom. The van der Waals surface area contributed by atoms with Crippen LogP contribution in [0.15, 0.2) is 42.5 Å². The number of hydroxylamine groups is 1. The molecule has 36 heavy (non-hydrogen) atoms. The minimum Gasteiger partial charge on any atom is -0.335 e. The molecule has 4 rings (SSSR count). The number of rotatable bonds is 4. The molecule has 0 saturated carbocycles. The van der Waals surface area contributed by atoms with Crippen molar-refractivity contribution in [2.24, 2.45) is 0 Å². The Bertz CT molecular complexity index is 1200. The van der Waals surface area contributed by atoms with Gasteiger partial charge in [-0.15, -0.1) is 0 Å². The third kappa shape index (κ3) is 4.73. The molecule has 1 unspecified atom stereocenters. The normalized spacial score (nSPS) is 21.6. The van der Waals surface area contributed by atoms with Gasteiger partial charge >= 0.3 is 12.4 Å². The van der Waals surface area contributed by atoms with Crippen molar-refractivity contribution in [3.8, 4) is 0 Å². The Balaban J connectivity index is 1.57. The van der Waals surface area contributed by atoms with Gasteiger partial charge in [-0.3, -0.25) is 15.1 Å². The Hall–Kier alpha value is -2.57. The molecular formula is C22H14Cl2F8N2O2. The lowest BCUT2D eigenvalue weighted by Crippen LogP contribution is -2.59. The number of alkyl halides is 7. The molecule has 1 N–H and O–H groups in total. The first-order chi connectivity index (χ1) is 16.5. The molecule has 2 aromatic rings. The first-order valence-corrected chi connectivity index (χ1v) is 10.8. The highest BCUT2D eigenvalue weighted by atomic mass is 35.5. The van der Waals surface area contributed by atoms with Crippen molar-refractivity contribution in [3.63, 3.8) is 0 Å². The van der Waals surface area contributed by atoms with Crippen LogP contribution in [0, 0.1) is 5.82 Å². The van der Waals surface area contributed by atoms with E-state index in [1.165, 1.54) is 24.3 Å². The van der Waals surface area contributed by atoms with Crippen LogP contribution in [0.25, 0.3) is 5.70 Å². The topological polar surface area (TPSA) is 41.6 Å². The van der Waals surface area contributed by atoms with Crippen LogP contribution < -0.4 is 5.48 Å². The second-order valence-electron chi connectivity index (χ2n) is 8.33. The van der Waals surface area contributed by atoms with Gasteiger partial charge in [0.15, 0.2) is 11.5 Å². The Kier molecular flexibility index (Phi) is 6.46. The predicted molar refractivity (Wildman–Crippen MR) is 113 cm³/mol.